The molecule has 0 aliphatic carbocycles. The van der Waals surface area contributed by atoms with E-state index in [1.165, 1.54) is 0 Å². The van der Waals surface area contributed by atoms with Crippen LogP contribution in [0.4, 0.5) is 0 Å². The minimum Gasteiger partial charge on any atom is -0.393 e. The van der Waals surface area contributed by atoms with Gasteiger partial charge in [-0.3, -0.25) is 4.90 Å². The molecule has 2 atom stereocenters. The van der Waals surface area contributed by atoms with Gasteiger partial charge in [-0.1, -0.05) is 0 Å². The van der Waals surface area contributed by atoms with Gasteiger partial charge in [0.05, 0.1) is 12.6 Å². The monoisotopic (exact) mass is 224 g/mol. The van der Waals surface area contributed by atoms with Gasteiger partial charge >= 0.3 is 0 Å². The van der Waals surface area contributed by atoms with E-state index >= 15 is 0 Å². The minimum atomic E-state index is -0.206. The first kappa shape index (κ1) is 11.5. The SMILES string of the molecule is CC(O)C1CCCN(Cc2nncn2C)C1. The Kier molecular flexibility index (Phi) is 3.56. The summed E-state index contributed by atoms with van der Waals surface area (Å²) >= 11 is 0. The van der Waals surface area contributed by atoms with Crippen LogP contribution in [0, 0.1) is 5.92 Å². The molecule has 0 spiro atoms. The van der Waals surface area contributed by atoms with Crippen LogP contribution in [0.1, 0.15) is 25.6 Å². The van der Waals surface area contributed by atoms with E-state index in [1.54, 1.807) is 6.33 Å². The molecular formula is C11H20N4O. The first-order valence-corrected chi connectivity index (χ1v) is 5.90. The smallest absolute Gasteiger partial charge is 0.146 e. The number of aromatic nitrogens is 3. The standard InChI is InChI=1S/C11H20N4O/c1-9(16)10-4-3-5-15(6-10)7-11-13-12-8-14(11)2/h8-10,16H,3-7H2,1-2H3. The lowest BCUT2D eigenvalue weighted by Crippen LogP contribution is -2.39. The molecule has 5 heteroatoms. The Bertz CT molecular complexity index is 336. The first-order chi connectivity index (χ1) is 7.66. The van der Waals surface area contributed by atoms with Crippen molar-refractivity contribution in [3.05, 3.63) is 12.2 Å². The van der Waals surface area contributed by atoms with E-state index in [2.05, 4.69) is 15.1 Å². The van der Waals surface area contributed by atoms with Crippen molar-refractivity contribution in [3.63, 3.8) is 0 Å². The summed E-state index contributed by atoms with van der Waals surface area (Å²) in [6, 6.07) is 0. The molecule has 0 aromatic carbocycles. The molecule has 5 nitrogen and oxygen atoms in total. The highest BCUT2D eigenvalue weighted by molar-refractivity contribution is 4.86. The lowest BCUT2D eigenvalue weighted by Gasteiger charge is -2.33. The van der Waals surface area contributed by atoms with Gasteiger partial charge < -0.3 is 9.67 Å². The van der Waals surface area contributed by atoms with Crippen LogP contribution in [0.5, 0.6) is 0 Å². The van der Waals surface area contributed by atoms with E-state index in [-0.39, 0.29) is 6.10 Å². The summed E-state index contributed by atoms with van der Waals surface area (Å²) in [6.07, 6.45) is 3.81. The molecule has 0 radical (unpaired) electrons. The zero-order chi connectivity index (χ0) is 11.5. The molecule has 2 rings (SSSR count). The number of rotatable bonds is 3. The largest absolute Gasteiger partial charge is 0.393 e. The second-order valence-electron chi connectivity index (χ2n) is 4.74. The number of aryl methyl sites for hydroxylation is 1. The van der Waals surface area contributed by atoms with Crippen LogP contribution in [0.3, 0.4) is 0 Å². The van der Waals surface area contributed by atoms with Crippen LogP contribution >= 0.6 is 0 Å². The Morgan fingerprint density at radius 2 is 2.44 bits per heavy atom. The molecule has 90 valence electrons. The zero-order valence-electron chi connectivity index (χ0n) is 10.0. The molecule has 1 aliphatic rings. The van der Waals surface area contributed by atoms with Gasteiger partial charge in [0.25, 0.3) is 0 Å². The summed E-state index contributed by atoms with van der Waals surface area (Å²) in [5.41, 5.74) is 0. The quantitative estimate of drug-likeness (QED) is 0.808. The molecule has 1 aromatic heterocycles. The van der Waals surface area contributed by atoms with Crippen LogP contribution in [0.2, 0.25) is 0 Å². The maximum absolute atomic E-state index is 9.62. The lowest BCUT2D eigenvalue weighted by atomic mass is 9.93. The van der Waals surface area contributed by atoms with E-state index < -0.39 is 0 Å². The Morgan fingerprint density at radius 1 is 1.62 bits per heavy atom. The second kappa shape index (κ2) is 4.93. The molecule has 1 N–H and O–H groups in total. The molecule has 1 fully saturated rings. The predicted molar refractivity (Wildman–Crippen MR) is 60.7 cm³/mol. The van der Waals surface area contributed by atoms with E-state index in [4.69, 9.17) is 0 Å². The summed E-state index contributed by atoms with van der Waals surface area (Å²) in [5.74, 6) is 1.40. The molecule has 2 unspecified atom stereocenters. The third-order valence-electron chi connectivity index (χ3n) is 3.39. The minimum absolute atomic E-state index is 0.206. The van der Waals surface area contributed by atoms with Crippen molar-refractivity contribution in [2.45, 2.75) is 32.4 Å². The van der Waals surface area contributed by atoms with Gasteiger partial charge in [-0.25, -0.2) is 0 Å². The van der Waals surface area contributed by atoms with Gasteiger partial charge in [0.1, 0.15) is 12.2 Å². The lowest BCUT2D eigenvalue weighted by molar-refractivity contribution is 0.0585. The number of aliphatic hydroxyl groups excluding tert-OH is 1. The van der Waals surface area contributed by atoms with Crippen molar-refractivity contribution in [1.29, 1.82) is 0 Å². The van der Waals surface area contributed by atoms with Gasteiger partial charge in [-0.15, -0.1) is 10.2 Å². The Labute approximate surface area is 96.1 Å². The summed E-state index contributed by atoms with van der Waals surface area (Å²) in [7, 11) is 1.96. The maximum atomic E-state index is 9.62. The van der Waals surface area contributed by atoms with E-state index in [0.717, 1.165) is 38.3 Å². The fourth-order valence-corrected chi connectivity index (χ4v) is 2.28. The molecule has 0 amide bonds. The summed E-state index contributed by atoms with van der Waals surface area (Å²) in [5, 5.41) is 17.6. The molecule has 16 heavy (non-hydrogen) atoms. The van der Waals surface area contributed by atoms with Crippen LogP contribution < -0.4 is 0 Å². The first-order valence-electron chi connectivity index (χ1n) is 5.90. The number of hydrogen-bond donors (Lipinski definition) is 1. The highest BCUT2D eigenvalue weighted by Crippen LogP contribution is 2.20. The zero-order valence-corrected chi connectivity index (χ0v) is 10.0. The van der Waals surface area contributed by atoms with E-state index in [1.807, 2.05) is 18.5 Å². The molecule has 0 saturated carbocycles. The predicted octanol–water partition coefficient (Wildman–Crippen LogP) is 0.408. The highest BCUT2D eigenvalue weighted by Gasteiger charge is 2.24. The van der Waals surface area contributed by atoms with Crippen LogP contribution in [0.25, 0.3) is 0 Å². The average Bonchev–Trinajstić information content (AvgIpc) is 2.65. The highest BCUT2D eigenvalue weighted by atomic mass is 16.3. The molecule has 2 heterocycles. The van der Waals surface area contributed by atoms with Crippen LogP contribution in [-0.4, -0.2) is 44.0 Å². The number of aliphatic hydroxyl groups is 1. The molecule has 1 saturated heterocycles. The molecular weight excluding hydrogens is 204 g/mol. The second-order valence-corrected chi connectivity index (χ2v) is 4.74. The van der Waals surface area contributed by atoms with Crippen molar-refractivity contribution in [1.82, 2.24) is 19.7 Å². The summed E-state index contributed by atoms with van der Waals surface area (Å²) in [6.45, 7) is 4.77. The summed E-state index contributed by atoms with van der Waals surface area (Å²) < 4.78 is 1.95. The van der Waals surface area contributed by atoms with Crippen molar-refractivity contribution in [2.24, 2.45) is 13.0 Å². The average molecular weight is 224 g/mol. The maximum Gasteiger partial charge on any atom is 0.146 e. The fourth-order valence-electron chi connectivity index (χ4n) is 2.28. The third kappa shape index (κ3) is 2.59. The van der Waals surface area contributed by atoms with Crippen LogP contribution in [0.15, 0.2) is 6.33 Å². The third-order valence-corrected chi connectivity index (χ3v) is 3.39. The normalized spacial score (nSPS) is 24.6. The van der Waals surface area contributed by atoms with Crippen molar-refractivity contribution in [2.75, 3.05) is 13.1 Å². The number of likely N-dealkylation sites (tertiary alicyclic amines) is 1. The fraction of sp³-hybridized carbons (Fsp3) is 0.818. The van der Waals surface area contributed by atoms with Gasteiger partial charge in [0.2, 0.25) is 0 Å². The van der Waals surface area contributed by atoms with Crippen molar-refractivity contribution >= 4 is 0 Å². The number of piperidine rings is 1. The van der Waals surface area contributed by atoms with Gasteiger partial charge in [-0.05, 0) is 32.2 Å². The molecule has 1 aliphatic heterocycles. The van der Waals surface area contributed by atoms with Gasteiger partial charge in [0.15, 0.2) is 0 Å². The van der Waals surface area contributed by atoms with Gasteiger partial charge in [-0.2, -0.15) is 0 Å². The Morgan fingerprint density at radius 3 is 3.06 bits per heavy atom. The molecule has 1 aromatic rings. The molecule has 0 bridgehead atoms. The Balaban J connectivity index is 1.93. The van der Waals surface area contributed by atoms with Crippen LogP contribution in [-0.2, 0) is 13.6 Å². The van der Waals surface area contributed by atoms with Crippen molar-refractivity contribution < 1.29 is 5.11 Å². The van der Waals surface area contributed by atoms with Gasteiger partial charge in [0, 0.05) is 13.6 Å². The topological polar surface area (TPSA) is 54.2 Å². The number of nitrogens with zero attached hydrogens (tertiary/aromatic N) is 4. The van der Waals surface area contributed by atoms with Crippen molar-refractivity contribution in [3.8, 4) is 0 Å². The summed E-state index contributed by atoms with van der Waals surface area (Å²) in [4.78, 5) is 2.35. The van der Waals surface area contributed by atoms with E-state index in [9.17, 15) is 5.11 Å². The number of hydrogen-bond acceptors (Lipinski definition) is 4. The van der Waals surface area contributed by atoms with E-state index in [0.29, 0.717) is 5.92 Å². The Hall–Kier alpha value is -0.940.